The highest BCUT2D eigenvalue weighted by atomic mass is 35.5. The van der Waals surface area contributed by atoms with Crippen LogP contribution in [0.4, 0.5) is 13.2 Å². The fraction of sp³-hybridized carbons (Fsp3) is 0.333. The van der Waals surface area contributed by atoms with E-state index in [1.165, 1.54) is 12.1 Å². The van der Waals surface area contributed by atoms with Crippen molar-refractivity contribution in [1.29, 1.82) is 0 Å². The summed E-state index contributed by atoms with van der Waals surface area (Å²) in [7, 11) is 0. The van der Waals surface area contributed by atoms with E-state index >= 15 is 0 Å². The van der Waals surface area contributed by atoms with Gasteiger partial charge in [0.2, 0.25) is 5.91 Å². The maximum atomic E-state index is 13.4. The lowest BCUT2D eigenvalue weighted by Crippen LogP contribution is -2.47. The van der Waals surface area contributed by atoms with Crippen LogP contribution in [-0.2, 0) is 16.1 Å². The fourth-order valence-corrected chi connectivity index (χ4v) is 5.52. The van der Waals surface area contributed by atoms with Crippen molar-refractivity contribution in [3.63, 3.8) is 0 Å². The number of benzene rings is 2. The van der Waals surface area contributed by atoms with Crippen LogP contribution >= 0.6 is 11.6 Å². The molecule has 12 heteroatoms. The van der Waals surface area contributed by atoms with Gasteiger partial charge in [-0.15, -0.1) is 0 Å². The predicted octanol–water partition coefficient (Wildman–Crippen LogP) is 4.81. The molecule has 0 spiro atoms. The van der Waals surface area contributed by atoms with Gasteiger partial charge < -0.3 is 19.7 Å². The number of alkyl halides is 3. The molecule has 1 fully saturated rings. The zero-order valence-electron chi connectivity index (χ0n) is 20.7. The number of fused-ring (bicyclic) bond motifs is 3. The summed E-state index contributed by atoms with van der Waals surface area (Å²) in [6.07, 6.45) is -3.40. The quantitative estimate of drug-likeness (QED) is 0.352. The van der Waals surface area contributed by atoms with Crippen molar-refractivity contribution < 1.29 is 27.3 Å². The molecule has 5 rings (SSSR count). The second kappa shape index (κ2) is 10.4. The normalized spacial score (nSPS) is 18.4. The molecule has 4 aromatic rings. The number of rotatable bonds is 6. The minimum absolute atomic E-state index is 0.00672. The average Bonchev–Trinajstić information content (AvgIpc) is 3.50. The van der Waals surface area contributed by atoms with Gasteiger partial charge in [-0.05, 0) is 49.8 Å². The number of aryl methyl sites for hydroxylation is 1. The molecule has 0 saturated heterocycles. The van der Waals surface area contributed by atoms with E-state index in [2.05, 4.69) is 10.5 Å². The molecule has 1 aliphatic rings. The van der Waals surface area contributed by atoms with Gasteiger partial charge in [-0.1, -0.05) is 53.2 Å². The smallest absolute Gasteiger partial charge is 0.360 e. The van der Waals surface area contributed by atoms with Gasteiger partial charge in [-0.2, -0.15) is 13.2 Å². The molecule has 2 aromatic heterocycles. The van der Waals surface area contributed by atoms with E-state index in [1.54, 1.807) is 53.2 Å². The highest BCUT2D eigenvalue weighted by molar-refractivity contribution is 6.37. The van der Waals surface area contributed by atoms with Crippen LogP contribution < -0.4 is 16.2 Å². The van der Waals surface area contributed by atoms with Crippen LogP contribution in [0.1, 0.15) is 36.6 Å². The Labute approximate surface area is 225 Å². The first-order valence-corrected chi connectivity index (χ1v) is 12.7. The summed E-state index contributed by atoms with van der Waals surface area (Å²) in [5.41, 5.74) is 0.984. The van der Waals surface area contributed by atoms with Gasteiger partial charge in [0.25, 0.3) is 5.56 Å². The van der Waals surface area contributed by atoms with E-state index in [1.807, 2.05) is 0 Å². The van der Waals surface area contributed by atoms with Gasteiger partial charge in [0, 0.05) is 18.0 Å². The van der Waals surface area contributed by atoms with E-state index < -0.39 is 24.0 Å². The number of hydrogen-bond acceptors (Lipinski definition) is 5. The number of halogens is 4. The number of aromatic nitrogens is 2. The summed E-state index contributed by atoms with van der Waals surface area (Å²) in [6.45, 7) is 2.00. The molecule has 2 aromatic carbocycles. The molecule has 0 radical (unpaired) electrons. The Morgan fingerprint density at radius 2 is 1.87 bits per heavy atom. The third kappa shape index (κ3) is 5.23. The topological polar surface area (TPSA) is 106 Å². The minimum Gasteiger partial charge on any atom is -0.360 e. The van der Waals surface area contributed by atoms with E-state index in [-0.39, 0.29) is 23.1 Å². The molecule has 2 heterocycles. The Hall–Kier alpha value is -3.86. The van der Waals surface area contributed by atoms with Crippen LogP contribution in [-0.4, -0.2) is 33.8 Å². The van der Waals surface area contributed by atoms with Crippen molar-refractivity contribution >= 4 is 45.2 Å². The Morgan fingerprint density at radius 3 is 2.59 bits per heavy atom. The number of nitrogens with zero attached hydrogens (tertiary/aromatic N) is 2. The molecule has 8 nitrogen and oxygen atoms in total. The van der Waals surface area contributed by atoms with Crippen molar-refractivity contribution in [1.82, 2.24) is 20.4 Å². The van der Waals surface area contributed by atoms with Crippen molar-refractivity contribution in [3.8, 4) is 0 Å². The number of pyridine rings is 1. The van der Waals surface area contributed by atoms with Crippen molar-refractivity contribution in [3.05, 3.63) is 75.2 Å². The second-order valence-electron chi connectivity index (χ2n) is 9.71. The van der Waals surface area contributed by atoms with Gasteiger partial charge >= 0.3 is 12.1 Å². The summed E-state index contributed by atoms with van der Waals surface area (Å²) in [5.74, 6) is -2.55. The summed E-state index contributed by atoms with van der Waals surface area (Å²) in [6, 6.07) is 11.1. The molecule has 1 saturated carbocycles. The van der Waals surface area contributed by atoms with Crippen molar-refractivity contribution in [2.45, 2.75) is 51.0 Å². The minimum atomic E-state index is -5.13. The molecular formula is C27H24ClF3N4O4. The molecule has 3 unspecified atom stereocenters. The molecular weight excluding hydrogens is 537 g/mol. The van der Waals surface area contributed by atoms with Crippen molar-refractivity contribution in [2.75, 3.05) is 0 Å². The monoisotopic (exact) mass is 560 g/mol. The Kier molecular flexibility index (Phi) is 7.11. The number of carbonyl (C=O) groups is 2. The number of carbonyl (C=O) groups excluding carboxylic acids is 2. The van der Waals surface area contributed by atoms with Crippen LogP contribution in [0.5, 0.6) is 0 Å². The fourth-order valence-electron chi connectivity index (χ4n) is 5.27. The van der Waals surface area contributed by atoms with E-state index in [0.29, 0.717) is 58.4 Å². The van der Waals surface area contributed by atoms with Crippen LogP contribution in [0, 0.1) is 12.8 Å². The molecule has 3 atom stereocenters. The van der Waals surface area contributed by atoms with Gasteiger partial charge in [0.05, 0.1) is 10.5 Å². The zero-order valence-corrected chi connectivity index (χ0v) is 21.5. The summed E-state index contributed by atoms with van der Waals surface area (Å²) in [4.78, 5) is 38.1. The number of nitrogens with one attached hydrogen (secondary N) is 2. The summed E-state index contributed by atoms with van der Waals surface area (Å²) in [5, 5.41) is 10.0. The summed E-state index contributed by atoms with van der Waals surface area (Å²) < 4.78 is 45.7. The molecule has 2 N–H and O–H groups in total. The largest absolute Gasteiger partial charge is 0.471 e. The Bertz CT molecular complexity index is 1620. The van der Waals surface area contributed by atoms with Gasteiger partial charge in [0.1, 0.15) is 22.7 Å². The van der Waals surface area contributed by atoms with Gasteiger partial charge in [-0.3, -0.25) is 14.4 Å². The third-order valence-electron chi connectivity index (χ3n) is 7.10. The highest BCUT2D eigenvalue weighted by Gasteiger charge is 2.41. The van der Waals surface area contributed by atoms with Gasteiger partial charge in [-0.25, -0.2) is 0 Å². The Balaban J connectivity index is 1.35. The first-order chi connectivity index (χ1) is 18.5. The van der Waals surface area contributed by atoms with Gasteiger partial charge in [0.15, 0.2) is 0 Å². The molecule has 2 amide bonds. The highest BCUT2D eigenvalue weighted by Crippen LogP contribution is 2.33. The molecule has 0 bridgehead atoms. The standard InChI is InChI=1S/C27H24ClF3N4O4/c1-14-20-23(34-39-14)21-18(28)8-5-9-19(21)35(25(20)37)13-15-10-11-17(12-15)32-24(36)22(16-6-3-2-4-7-16)33-26(38)27(29,30)31/h2-9,15,17,22H,10-13H2,1H3,(H,32,36)(H,33,38). The third-order valence-corrected chi connectivity index (χ3v) is 7.41. The lowest BCUT2D eigenvalue weighted by atomic mass is 10.0. The second-order valence-corrected chi connectivity index (χ2v) is 10.1. The summed E-state index contributed by atoms with van der Waals surface area (Å²) >= 11 is 6.47. The predicted molar refractivity (Wildman–Crippen MR) is 138 cm³/mol. The molecule has 204 valence electrons. The number of amides is 2. The van der Waals surface area contributed by atoms with E-state index in [4.69, 9.17) is 16.1 Å². The average molecular weight is 561 g/mol. The lowest BCUT2D eigenvalue weighted by molar-refractivity contribution is -0.174. The first-order valence-electron chi connectivity index (χ1n) is 12.3. The van der Waals surface area contributed by atoms with E-state index in [9.17, 15) is 27.6 Å². The zero-order chi connectivity index (χ0) is 27.9. The maximum absolute atomic E-state index is 13.4. The van der Waals surface area contributed by atoms with Crippen LogP contribution in [0.25, 0.3) is 21.8 Å². The Morgan fingerprint density at radius 1 is 1.13 bits per heavy atom. The first kappa shape index (κ1) is 26.7. The van der Waals surface area contributed by atoms with E-state index in [0.717, 1.165) is 0 Å². The van der Waals surface area contributed by atoms with Crippen molar-refractivity contribution in [2.24, 2.45) is 5.92 Å². The maximum Gasteiger partial charge on any atom is 0.471 e. The lowest BCUT2D eigenvalue weighted by Gasteiger charge is -2.22. The molecule has 1 aliphatic carbocycles. The molecule has 39 heavy (non-hydrogen) atoms. The van der Waals surface area contributed by atoms with Crippen LogP contribution in [0.3, 0.4) is 0 Å². The van der Waals surface area contributed by atoms with Crippen LogP contribution in [0.15, 0.2) is 57.8 Å². The molecule has 0 aliphatic heterocycles. The van der Waals surface area contributed by atoms with Crippen LogP contribution in [0.2, 0.25) is 5.02 Å². The SMILES string of the molecule is Cc1onc2c1c(=O)n(CC1CCC(NC(=O)C(NC(=O)C(F)(F)F)c3ccccc3)C1)c1cccc(Cl)c21. The number of hydrogen-bond donors (Lipinski definition) is 2.